The summed E-state index contributed by atoms with van der Waals surface area (Å²) in [4.78, 5) is 30.0. The molecule has 0 radical (unpaired) electrons. The van der Waals surface area contributed by atoms with Crippen LogP contribution >= 0.6 is 0 Å². The average Bonchev–Trinajstić information content (AvgIpc) is 2.71. The monoisotopic (exact) mass is 381 g/mol. The van der Waals surface area contributed by atoms with Crippen LogP contribution in [0.15, 0.2) is 52.1 Å². The van der Waals surface area contributed by atoms with Crippen LogP contribution in [0.3, 0.4) is 0 Å². The quantitative estimate of drug-likeness (QED) is 0.692. The van der Waals surface area contributed by atoms with Crippen molar-refractivity contribution < 1.29 is 9.84 Å². The number of nitrogens with one attached hydrogen (secondary N) is 1. The summed E-state index contributed by atoms with van der Waals surface area (Å²) in [5.74, 6) is 0.538. The molecule has 1 aliphatic rings. The van der Waals surface area contributed by atoms with E-state index in [2.05, 4.69) is 22.0 Å². The third-order valence-corrected chi connectivity index (χ3v) is 5.26. The van der Waals surface area contributed by atoms with E-state index in [0.29, 0.717) is 23.2 Å². The van der Waals surface area contributed by atoms with E-state index in [-0.39, 0.29) is 6.54 Å². The Morgan fingerprint density at radius 2 is 1.93 bits per heavy atom. The zero-order chi connectivity index (χ0) is 19.7. The van der Waals surface area contributed by atoms with Crippen molar-refractivity contribution in [1.82, 2.24) is 14.5 Å². The lowest BCUT2D eigenvalue weighted by Gasteiger charge is -2.30. The summed E-state index contributed by atoms with van der Waals surface area (Å²) in [6.07, 6.45) is 0.103. The van der Waals surface area contributed by atoms with E-state index in [1.807, 2.05) is 12.1 Å². The fraction of sp³-hybridized carbons (Fsp3) is 0.333. The van der Waals surface area contributed by atoms with E-state index in [1.54, 1.807) is 18.2 Å². The normalized spacial score (nSPS) is 15.4. The van der Waals surface area contributed by atoms with Crippen LogP contribution in [0.1, 0.15) is 11.1 Å². The summed E-state index contributed by atoms with van der Waals surface area (Å²) in [7, 11) is 1.52. The van der Waals surface area contributed by atoms with Crippen LogP contribution in [0.4, 0.5) is 0 Å². The highest BCUT2D eigenvalue weighted by molar-refractivity contribution is 5.78. The lowest BCUT2D eigenvalue weighted by atomic mass is 10.00. The Hall–Kier alpha value is -2.90. The number of benzene rings is 2. The molecule has 3 aromatic rings. The number of aromatic amines is 1. The van der Waals surface area contributed by atoms with Crippen molar-refractivity contribution in [2.24, 2.45) is 0 Å². The largest absolute Gasteiger partial charge is 0.497 e. The van der Waals surface area contributed by atoms with E-state index in [9.17, 15) is 14.7 Å². The first-order valence-electron chi connectivity index (χ1n) is 9.33. The zero-order valence-electron chi connectivity index (χ0n) is 15.7. The minimum Gasteiger partial charge on any atom is -0.497 e. The van der Waals surface area contributed by atoms with Gasteiger partial charge in [-0.2, -0.15) is 0 Å². The smallest absolute Gasteiger partial charge is 0.328 e. The van der Waals surface area contributed by atoms with Crippen molar-refractivity contribution in [3.63, 3.8) is 0 Å². The molecule has 2 aromatic carbocycles. The van der Waals surface area contributed by atoms with Crippen LogP contribution in [-0.4, -0.2) is 45.9 Å². The summed E-state index contributed by atoms with van der Waals surface area (Å²) in [5, 5.41) is 10.9. The standard InChI is InChI=1S/C21H23N3O4/c1-28-17-6-7-19-18(10-17)20(26)24(21(27)22-19)13-16(25)12-23-9-8-14-4-2-3-5-15(14)11-23/h2-7,10,16,25H,8-9,11-13H2,1H3,(H,22,27)/t16-/m1/s1. The first-order valence-corrected chi connectivity index (χ1v) is 9.33. The van der Waals surface area contributed by atoms with Crippen molar-refractivity contribution in [2.75, 3.05) is 20.2 Å². The van der Waals surface area contributed by atoms with Gasteiger partial charge in [-0.3, -0.25) is 14.3 Å². The summed E-state index contributed by atoms with van der Waals surface area (Å²) in [6.45, 7) is 1.94. The van der Waals surface area contributed by atoms with Gasteiger partial charge in [-0.25, -0.2) is 4.79 Å². The Bertz CT molecular complexity index is 1120. The summed E-state index contributed by atoms with van der Waals surface area (Å²) < 4.78 is 6.22. The Labute approximate surface area is 161 Å². The van der Waals surface area contributed by atoms with E-state index >= 15 is 0 Å². The summed E-state index contributed by atoms with van der Waals surface area (Å²) >= 11 is 0. The molecule has 28 heavy (non-hydrogen) atoms. The molecule has 0 saturated heterocycles. The molecular weight excluding hydrogens is 358 g/mol. The third kappa shape index (κ3) is 3.58. The van der Waals surface area contributed by atoms with Crippen molar-refractivity contribution in [3.05, 3.63) is 74.4 Å². The first kappa shape index (κ1) is 18.5. The van der Waals surface area contributed by atoms with Gasteiger partial charge in [0.05, 0.1) is 30.7 Å². The number of hydrogen-bond acceptors (Lipinski definition) is 5. The molecule has 0 spiro atoms. The van der Waals surface area contributed by atoms with Gasteiger partial charge >= 0.3 is 5.69 Å². The van der Waals surface area contributed by atoms with Crippen molar-refractivity contribution in [2.45, 2.75) is 25.6 Å². The molecule has 0 unspecified atom stereocenters. The van der Waals surface area contributed by atoms with Crippen LogP contribution in [0.2, 0.25) is 0 Å². The Kier molecular flexibility index (Phi) is 5.02. The number of β-amino-alcohol motifs (C(OH)–C–C–N with tert-alkyl or cyclic N) is 1. The molecule has 2 heterocycles. The van der Waals surface area contributed by atoms with Crippen LogP contribution < -0.4 is 16.0 Å². The lowest BCUT2D eigenvalue weighted by Crippen LogP contribution is -2.43. The van der Waals surface area contributed by atoms with Gasteiger partial charge in [0.1, 0.15) is 5.75 Å². The van der Waals surface area contributed by atoms with Gasteiger partial charge in [0, 0.05) is 19.6 Å². The number of H-pyrrole nitrogens is 1. The van der Waals surface area contributed by atoms with Gasteiger partial charge < -0.3 is 14.8 Å². The predicted molar refractivity (Wildman–Crippen MR) is 107 cm³/mol. The maximum atomic E-state index is 12.8. The molecule has 0 aliphatic carbocycles. The number of ether oxygens (including phenoxy) is 1. The zero-order valence-corrected chi connectivity index (χ0v) is 15.7. The molecule has 0 bridgehead atoms. The summed E-state index contributed by atoms with van der Waals surface area (Å²) in [6, 6.07) is 13.2. The second kappa shape index (κ2) is 7.61. The number of methoxy groups -OCH3 is 1. The van der Waals surface area contributed by atoms with Crippen LogP contribution in [0.25, 0.3) is 10.9 Å². The fourth-order valence-electron chi connectivity index (χ4n) is 3.80. The topological polar surface area (TPSA) is 87.6 Å². The Balaban J connectivity index is 1.53. The minimum absolute atomic E-state index is 0.0561. The maximum absolute atomic E-state index is 12.8. The van der Waals surface area contributed by atoms with Gasteiger partial charge in [-0.15, -0.1) is 0 Å². The average molecular weight is 381 g/mol. The van der Waals surface area contributed by atoms with E-state index < -0.39 is 17.4 Å². The molecule has 0 amide bonds. The van der Waals surface area contributed by atoms with Crippen molar-refractivity contribution in [1.29, 1.82) is 0 Å². The van der Waals surface area contributed by atoms with E-state index in [0.717, 1.165) is 24.1 Å². The predicted octanol–water partition coefficient (Wildman–Crippen LogP) is 1.12. The Morgan fingerprint density at radius 1 is 1.14 bits per heavy atom. The van der Waals surface area contributed by atoms with Crippen LogP contribution in [0, 0.1) is 0 Å². The molecule has 146 valence electrons. The van der Waals surface area contributed by atoms with Crippen LogP contribution in [0.5, 0.6) is 5.75 Å². The molecule has 4 rings (SSSR count). The molecule has 1 aliphatic heterocycles. The number of aliphatic hydroxyl groups is 1. The number of fused-ring (bicyclic) bond motifs is 2. The number of nitrogens with zero attached hydrogens (tertiary/aromatic N) is 2. The second-order valence-corrected chi connectivity index (χ2v) is 7.17. The number of hydrogen-bond donors (Lipinski definition) is 2. The maximum Gasteiger partial charge on any atom is 0.328 e. The molecule has 7 nitrogen and oxygen atoms in total. The molecular formula is C21H23N3O4. The molecule has 2 N–H and O–H groups in total. The molecule has 1 atom stereocenters. The molecule has 1 aromatic heterocycles. The number of aliphatic hydroxyl groups excluding tert-OH is 1. The molecule has 0 saturated carbocycles. The second-order valence-electron chi connectivity index (χ2n) is 7.17. The van der Waals surface area contributed by atoms with Crippen LogP contribution in [-0.2, 0) is 19.5 Å². The van der Waals surface area contributed by atoms with E-state index in [1.165, 1.54) is 18.2 Å². The highest BCUT2D eigenvalue weighted by Gasteiger charge is 2.20. The van der Waals surface area contributed by atoms with Gasteiger partial charge in [-0.1, -0.05) is 24.3 Å². The highest BCUT2D eigenvalue weighted by Crippen LogP contribution is 2.19. The number of rotatable bonds is 5. The van der Waals surface area contributed by atoms with Gasteiger partial charge in [0.2, 0.25) is 0 Å². The first-order chi connectivity index (χ1) is 13.5. The highest BCUT2D eigenvalue weighted by atomic mass is 16.5. The third-order valence-electron chi connectivity index (χ3n) is 5.26. The SMILES string of the molecule is COc1ccc2[nH]c(=O)n(C[C@H](O)CN3CCc4ccccc4C3)c(=O)c2c1. The molecule has 7 heteroatoms. The minimum atomic E-state index is -0.827. The van der Waals surface area contributed by atoms with Crippen molar-refractivity contribution in [3.8, 4) is 5.75 Å². The van der Waals surface area contributed by atoms with Gasteiger partial charge in [0.25, 0.3) is 5.56 Å². The van der Waals surface area contributed by atoms with E-state index in [4.69, 9.17) is 4.74 Å². The Morgan fingerprint density at radius 3 is 2.71 bits per heavy atom. The lowest BCUT2D eigenvalue weighted by molar-refractivity contribution is 0.0900. The summed E-state index contributed by atoms with van der Waals surface area (Å²) in [5.41, 5.74) is 2.10. The fourth-order valence-corrected chi connectivity index (χ4v) is 3.80. The van der Waals surface area contributed by atoms with Gasteiger partial charge in [-0.05, 0) is 35.7 Å². The molecule has 0 fully saturated rings. The van der Waals surface area contributed by atoms with Crippen molar-refractivity contribution >= 4 is 10.9 Å². The van der Waals surface area contributed by atoms with Gasteiger partial charge in [0.15, 0.2) is 0 Å². The number of aromatic nitrogens is 2.